The highest BCUT2D eigenvalue weighted by Gasteiger charge is 2.38. The predicted octanol–water partition coefficient (Wildman–Crippen LogP) is 0.818. The average Bonchev–Trinajstić information content (AvgIpc) is 2.18. The first kappa shape index (κ1) is 11.4. The highest BCUT2D eigenvalue weighted by molar-refractivity contribution is 5.91. The summed E-state index contributed by atoms with van der Waals surface area (Å²) >= 11 is 0. The van der Waals surface area contributed by atoms with Gasteiger partial charge in [-0.3, -0.25) is 21.3 Å². The van der Waals surface area contributed by atoms with Gasteiger partial charge >= 0.3 is 0 Å². The molecular weight excluding hydrogens is 198 g/mol. The average molecular weight is 211 g/mol. The second-order valence-corrected chi connectivity index (χ2v) is 3.24. The summed E-state index contributed by atoms with van der Waals surface area (Å²) in [5, 5.41) is 18.2. The molecule has 0 saturated carbocycles. The molecule has 0 bridgehead atoms. The van der Waals surface area contributed by atoms with Crippen LogP contribution < -0.4 is 5.73 Å². The van der Waals surface area contributed by atoms with Gasteiger partial charge in [0.1, 0.15) is 0 Å². The molecule has 0 amide bonds. The molecule has 6 nitrogen and oxygen atoms in total. The van der Waals surface area contributed by atoms with Crippen molar-refractivity contribution < 1.29 is 9.66 Å². The quantitative estimate of drug-likeness (QED) is 0.237. The number of hydrogen-bond acceptors (Lipinski definition) is 5. The van der Waals surface area contributed by atoms with Gasteiger partial charge in [0.25, 0.3) is 5.66 Å². The van der Waals surface area contributed by atoms with Gasteiger partial charge < -0.3 is 4.74 Å². The Kier molecular flexibility index (Phi) is 3.21. The van der Waals surface area contributed by atoms with Gasteiger partial charge in [-0.15, -0.1) is 0 Å². The number of nitrogens with two attached hydrogens (primary N) is 1. The highest BCUT2D eigenvalue weighted by atomic mass is 16.6. The lowest BCUT2D eigenvalue weighted by atomic mass is 9.95. The van der Waals surface area contributed by atoms with Crippen LogP contribution in [0.2, 0.25) is 0 Å². The first-order valence-electron chi connectivity index (χ1n) is 4.53. The fourth-order valence-corrected chi connectivity index (χ4v) is 1.27. The Morgan fingerprint density at radius 3 is 3.07 bits per heavy atom. The molecule has 1 aliphatic carbocycles. The highest BCUT2D eigenvalue weighted by Crippen LogP contribution is 2.22. The van der Waals surface area contributed by atoms with E-state index in [-0.39, 0.29) is 12.3 Å². The zero-order valence-corrected chi connectivity index (χ0v) is 8.40. The van der Waals surface area contributed by atoms with Crippen LogP contribution in [0.4, 0.5) is 0 Å². The Hall–Kier alpha value is -1.69. The van der Waals surface area contributed by atoms with Gasteiger partial charge in [0.15, 0.2) is 0 Å². The van der Waals surface area contributed by atoms with E-state index in [0.29, 0.717) is 12.2 Å². The standard InChI is InChI=1S/C9H13N3O3/c1-2-15-8(10)7-4-3-5-9(11,6-7)12(13)14/h3-5,10H,2,6,11H2,1H3. The van der Waals surface area contributed by atoms with E-state index >= 15 is 0 Å². The zero-order valence-electron chi connectivity index (χ0n) is 8.40. The van der Waals surface area contributed by atoms with Gasteiger partial charge in [-0.05, 0) is 6.92 Å². The summed E-state index contributed by atoms with van der Waals surface area (Å²) in [5.41, 5.74) is 4.37. The van der Waals surface area contributed by atoms with E-state index in [1.54, 1.807) is 13.0 Å². The van der Waals surface area contributed by atoms with Crippen LogP contribution in [0, 0.1) is 15.5 Å². The van der Waals surface area contributed by atoms with Crippen molar-refractivity contribution in [3.05, 3.63) is 33.9 Å². The third-order valence-electron chi connectivity index (χ3n) is 2.08. The number of rotatable bonds is 3. The fraction of sp³-hybridized carbons (Fsp3) is 0.444. The van der Waals surface area contributed by atoms with Crippen molar-refractivity contribution in [1.82, 2.24) is 0 Å². The number of ether oxygens (including phenoxy) is 1. The van der Waals surface area contributed by atoms with Crippen molar-refractivity contribution in [2.75, 3.05) is 6.61 Å². The Balaban J connectivity index is 2.81. The van der Waals surface area contributed by atoms with Gasteiger partial charge in [0, 0.05) is 16.6 Å². The number of allylic oxidation sites excluding steroid dienone is 2. The Morgan fingerprint density at radius 2 is 2.53 bits per heavy atom. The summed E-state index contributed by atoms with van der Waals surface area (Å²) < 4.78 is 4.96. The summed E-state index contributed by atoms with van der Waals surface area (Å²) in [7, 11) is 0. The summed E-state index contributed by atoms with van der Waals surface area (Å²) in [6, 6.07) is 0. The molecule has 3 N–H and O–H groups in total. The molecule has 0 radical (unpaired) electrons. The van der Waals surface area contributed by atoms with Crippen LogP contribution in [0.15, 0.2) is 23.8 Å². The zero-order chi connectivity index (χ0) is 11.5. The van der Waals surface area contributed by atoms with Gasteiger partial charge in [0.2, 0.25) is 5.90 Å². The van der Waals surface area contributed by atoms with Gasteiger partial charge in [0.05, 0.1) is 13.0 Å². The maximum atomic E-state index is 10.7. The molecule has 0 aromatic heterocycles. The minimum absolute atomic E-state index is 0.0185. The van der Waals surface area contributed by atoms with Crippen molar-refractivity contribution in [3.63, 3.8) is 0 Å². The van der Waals surface area contributed by atoms with E-state index in [4.69, 9.17) is 15.9 Å². The van der Waals surface area contributed by atoms with Crippen LogP contribution in [-0.4, -0.2) is 23.1 Å². The van der Waals surface area contributed by atoms with Crippen LogP contribution >= 0.6 is 0 Å². The molecule has 15 heavy (non-hydrogen) atoms. The van der Waals surface area contributed by atoms with Crippen molar-refractivity contribution in [2.24, 2.45) is 5.73 Å². The fourth-order valence-electron chi connectivity index (χ4n) is 1.27. The smallest absolute Gasteiger partial charge is 0.295 e. The number of hydrogen-bond donors (Lipinski definition) is 2. The molecule has 0 spiro atoms. The molecule has 1 rings (SSSR count). The molecule has 1 atom stereocenters. The molecule has 0 aromatic rings. The van der Waals surface area contributed by atoms with Gasteiger partial charge in [-0.2, -0.15) is 0 Å². The van der Waals surface area contributed by atoms with Crippen LogP contribution in [0.3, 0.4) is 0 Å². The molecule has 0 heterocycles. The van der Waals surface area contributed by atoms with E-state index in [9.17, 15) is 10.1 Å². The van der Waals surface area contributed by atoms with Crippen molar-refractivity contribution >= 4 is 5.90 Å². The Morgan fingerprint density at radius 1 is 1.87 bits per heavy atom. The molecule has 0 aliphatic heterocycles. The SMILES string of the molecule is CCOC(=N)C1=CC=CC(N)([N+](=O)[O-])C1. The largest absolute Gasteiger partial charge is 0.478 e. The van der Waals surface area contributed by atoms with E-state index in [1.807, 2.05) is 0 Å². The normalized spacial score (nSPS) is 24.5. The summed E-state index contributed by atoms with van der Waals surface area (Å²) in [5.74, 6) is -0.0569. The predicted molar refractivity (Wildman–Crippen MR) is 55.1 cm³/mol. The Labute approximate surface area is 87.1 Å². The molecule has 0 aromatic carbocycles. The van der Waals surface area contributed by atoms with E-state index in [0.717, 1.165) is 0 Å². The first-order valence-corrected chi connectivity index (χ1v) is 4.53. The summed E-state index contributed by atoms with van der Waals surface area (Å²) in [4.78, 5) is 10.1. The monoisotopic (exact) mass is 211 g/mol. The van der Waals surface area contributed by atoms with Crippen molar-refractivity contribution in [2.45, 2.75) is 19.0 Å². The molecule has 82 valence electrons. The van der Waals surface area contributed by atoms with Gasteiger partial charge in [-0.1, -0.05) is 12.2 Å². The molecule has 1 aliphatic rings. The van der Waals surface area contributed by atoms with Crippen LogP contribution in [0.5, 0.6) is 0 Å². The minimum Gasteiger partial charge on any atom is -0.478 e. The molecule has 0 saturated heterocycles. The topological polar surface area (TPSA) is 102 Å². The lowest BCUT2D eigenvalue weighted by Crippen LogP contribution is -2.47. The summed E-state index contributed by atoms with van der Waals surface area (Å²) in [6.07, 6.45) is 4.38. The van der Waals surface area contributed by atoms with Crippen molar-refractivity contribution in [3.8, 4) is 0 Å². The maximum absolute atomic E-state index is 10.7. The third kappa shape index (κ3) is 2.41. The minimum atomic E-state index is -1.62. The Bertz CT molecular complexity index is 349. The lowest BCUT2D eigenvalue weighted by Gasteiger charge is -2.21. The molecular formula is C9H13N3O3. The lowest BCUT2D eigenvalue weighted by molar-refractivity contribution is -0.553. The van der Waals surface area contributed by atoms with Crippen LogP contribution in [0.1, 0.15) is 13.3 Å². The van der Waals surface area contributed by atoms with Crippen LogP contribution in [0.25, 0.3) is 0 Å². The molecule has 0 fully saturated rings. The van der Waals surface area contributed by atoms with Gasteiger partial charge in [-0.25, -0.2) is 0 Å². The second kappa shape index (κ2) is 4.22. The second-order valence-electron chi connectivity index (χ2n) is 3.24. The number of nitro groups is 1. The van der Waals surface area contributed by atoms with E-state index in [2.05, 4.69) is 0 Å². The third-order valence-corrected chi connectivity index (χ3v) is 2.08. The molecule has 1 unspecified atom stereocenters. The van der Waals surface area contributed by atoms with E-state index in [1.165, 1.54) is 12.2 Å². The number of nitrogens with one attached hydrogen (secondary N) is 1. The first-order chi connectivity index (χ1) is 6.99. The van der Waals surface area contributed by atoms with Crippen LogP contribution in [-0.2, 0) is 4.74 Å². The number of nitrogens with zero attached hydrogens (tertiary/aromatic N) is 1. The summed E-state index contributed by atoms with van der Waals surface area (Å²) in [6.45, 7) is 2.10. The van der Waals surface area contributed by atoms with E-state index < -0.39 is 10.6 Å². The maximum Gasteiger partial charge on any atom is 0.295 e. The van der Waals surface area contributed by atoms with Crippen molar-refractivity contribution in [1.29, 1.82) is 5.41 Å². The molecule has 6 heteroatoms.